The molecule has 3 rings (SSSR count). The van der Waals surface area contributed by atoms with Gasteiger partial charge in [0.1, 0.15) is 0 Å². The third-order valence-electron chi connectivity index (χ3n) is 4.71. The van der Waals surface area contributed by atoms with Crippen molar-refractivity contribution < 1.29 is 9.53 Å². The Morgan fingerprint density at radius 1 is 1.12 bits per heavy atom. The van der Waals surface area contributed by atoms with Crippen molar-refractivity contribution in [3.8, 4) is 0 Å². The molecule has 0 spiro atoms. The summed E-state index contributed by atoms with van der Waals surface area (Å²) in [6, 6.07) is 18.2. The summed E-state index contributed by atoms with van der Waals surface area (Å²) in [6.07, 6.45) is 5.26. The highest BCUT2D eigenvalue weighted by molar-refractivity contribution is 9.10. The zero-order valence-corrected chi connectivity index (χ0v) is 15.7. The second-order valence-electron chi connectivity index (χ2n) is 6.36. The normalized spacial score (nSPS) is 16.7. The fourth-order valence-corrected chi connectivity index (χ4v) is 3.60. The fourth-order valence-electron chi connectivity index (χ4n) is 3.20. The van der Waals surface area contributed by atoms with Gasteiger partial charge in [0.25, 0.3) is 0 Å². The van der Waals surface area contributed by atoms with Gasteiger partial charge in [0.2, 0.25) is 5.91 Å². The van der Waals surface area contributed by atoms with Gasteiger partial charge in [-0.3, -0.25) is 4.79 Å². The highest BCUT2D eigenvalue weighted by atomic mass is 79.9. The van der Waals surface area contributed by atoms with Crippen molar-refractivity contribution in [2.45, 2.75) is 18.3 Å². The first-order chi connectivity index (χ1) is 12.2. The summed E-state index contributed by atoms with van der Waals surface area (Å²) in [5, 5.41) is 3.08. The Morgan fingerprint density at radius 3 is 2.60 bits per heavy atom. The van der Waals surface area contributed by atoms with Crippen molar-refractivity contribution in [3.63, 3.8) is 0 Å². The van der Waals surface area contributed by atoms with E-state index in [1.54, 1.807) is 6.08 Å². The Morgan fingerprint density at radius 2 is 1.88 bits per heavy atom. The maximum atomic E-state index is 12.3. The molecule has 0 aromatic heterocycles. The van der Waals surface area contributed by atoms with Crippen LogP contribution in [0.15, 0.2) is 65.1 Å². The number of halogens is 1. The molecule has 25 heavy (non-hydrogen) atoms. The first-order valence-corrected chi connectivity index (χ1v) is 9.32. The van der Waals surface area contributed by atoms with E-state index < -0.39 is 0 Å². The van der Waals surface area contributed by atoms with Gasteiger partial charge < -0.3 is 10.1 Å². The van der Waals surface area contributed by atoms with E-state index >= 15 is 0 Å². The number of ether oxygens (including phenoxy) is 1. The minimum Gasteiger partial charge on any atom is -0.381 e. The summed E-state index contributed by atoms with van der Waals surface area (Å²) in [7, 11) is 0. The molecule has 0 unspecified atom stereocenters. The maximum absolute atomic E-state index is 12.3. The van der Waals surface area contributed by atoms with E-state index in [4.69, 9.17) is 4.74 Å². The largest absolute Gasteiger partial charge is 0.381 e. The predicted octanol–water partition coefficient (Wildman–Crippen LogP) is 4.33. The molecule has 1 aliphatic rings. The van der Waals surface area contributed by atoms with Crippen molar-refractivity contribution in [1.82, 2.24) is 5.32 Å². The molecule has 1 fully saturated rings. The molecule has 2 aromatic rings. The van der Waals surface area contributed by atoms with Gasteiger partial charge >= 0.3 is 0 Å². The minimum absolute atomic E-state index is 0.0651. The number of amides is 1. The second kappa shape index (κ2) is 8.45. The van der Waals surface area contributed by atoms with E-state index in [0.717, 1.165) is 36.1 Å². The van der Waals surface area contributed by atoms with Crippen LogP contribution in [0.25, 0.3) is 6.08 Å². The number of benzene rings is 2. The summed E-state index contributed by atoms with van der Waals surface area (Å²) >= 11 is 3.55. The Bertz CT molecular complexity index is 737. The van der Waals surface area contributed by atoms with Crippen LogP contribution in [0.1, 0.15) is 24.0 Å². The maximum Gasteiger partial charge on any atom is 0.244 e. The molecule has 1 amide bonds. The number of carbonyl (C=O) groups is 1. The fraction of sp³-hybridized carbons (Fsp3) is 0.286. The molecule has 2 aromatic carbocycles. The van der Waals surface area contributed by atoms with E-state index in [-0.39, 0.29) is 11.3 Å². The van der Waals surface area contributed by atoms with Crippen LogP contribution < -0.4 is 5.32 Å². The number of hydrogen-bond acceptors (Lipinski definition) is 2. The van der Waals surface area contributed by atoms with Crippen molar-refractivity contribution >= 4 is 27.9 Å². The minimum atomic E-state index is -0.0712. The van der Waals surface area contributed by atoms with Gasteiger partial charge in [0, 0.05) is 35.7 Å². The van der Waals surface area contributed by atoms with Crippen molar-refractivity contribution in [2.75, 3.05) is 19.8 Å². The van der Waals surface area contributed by atoms with Crippen LogP contribution in [0.5, 0.6) is 0 Å². The topological polar surface area (TPSA) is 38.3 Å². The molecule has 0 radical (unpaired) electrons. The van der Waals surface area contributed by atoms with Gasteiger partial charge in [-0.25, -0.2) is 0 Å². The third kappa shape index (κ3) is 4.80. The van der Waals surface area contributed by atoms with Crippen LogP contribution in [-0.2, 0) is 14.9 Å². The van der Waals surface area contributed by atoms with Crippen LogP contribution in [-0.4, -0.2) is 25.7 Å². The van der Waals surface area contributed by atoms with Gasteiger partial charge in [0.05, 0.1) is 0 Å². The average molecular weight is 400 g/mol. The molecule has 0 saturated carbocycles. The van der Waals surface area contributed by atoms with Crippen molar-refractivity contribution in [2.24, 2.45) is 0 Å². The standard InChI is InChI=1S/C21H22BrNO2/c22-19-8-4-7-18(15-19)21(11-13-25-14-12-21)16-23-20(24)10-9-17-5-2-1-3-6-17/h1-10,15H,11-14,16H2,(H,23,24)/b10-9+. The molecule has 0 aliphatic carbocycles. The van der Waals surface area contributed by atoms with Gasteiger partial charge in [-0.1, -0.05) is 58.4 Å². The molecular weight excluding hydrogens is 378 g/mol. The summed E-state index contributed by atoms with van der Waals surface area (Å²) < 4.78 is 6.61. The molecule has 1 aliphatic heterocycles. The van der Waals surface area contributed by atoms with E-state index in [9.17, 15) is 4.79 Å². The zero-order valence-electron chi connectivity index (χ0n) is 14.1. The van der Waals surface area contributed by atoms with Crippen LogP contribution >= 0.6 is 15.9 Å². The third-order valence-corrected chi connectivity index (χ3v) is 5.21. The quantitative estimate of drug-likeness (QED) is 0.759. The van der Waals surface area contributed by atoms with Crippen LogP contribution in [0, 0.1) is 0 Å². The number of nitrogens with one attached hydrogen (secondary N) is 1. The molecule has 4 heteroatoms. The lowest BCUT2D eigenvalue weighted by molar-refractivity contribution is -0.116. The van der Waals surface area contributed by atoms with Gasteiger partial charge in [0.15, 0.2) is 0 Å². The first kappa shape index (κ1) is 17.9. The van der Waals surface area contributed by atoms with Crippen molar-refractivity contribution in [1.29, 1.82) is 0 Å². The molecule has 1 N–H and O–H groups in total. The monoisotopic (exact) mass is 399 g/mol. The van der Waals surface area contributed by atoms with Crippen LogP contribution in [0.4, 0.5) is 0 Å². The Kier molecular flexibility index (Phi) is 6.05. The summed E-state index contributed by atoms with van der Waals surface area (Å²) in [6.45, 7) is 2.06. The Labute approximate surface area is 157 Å². The first-order valence-electron chi connectivity index (χ1n) is 8.53. The van der Waals surface area contributed by atoms with Gasteiger partial charge in [-0.15, -0.1) is 0 Å². The summed E-state index contributed by atoms with van der Waals surface area (Å²) in [4.78, 5) is 12.3. The molecule has 0 atom stereocenters. The van der Waals surface area contributed by atoms with Crippen LogP contribution in [0.3, 0.4) is 0 Å². The molecule has 130 valence electrons. The molecule has 1 heterocycles. The number of hydrogen-bond donors (Lipinski definition) is 1. The van der Waals surface area contributed by atoms with Gasteiger partial charge in [-0.05, 0) is 42.2 Å². The predicted molar refractivity (Wildman–Crippen MR) is 104 cm³/mol. The molecule has 3 nitrogen and oxygen atoms in total. The van der Waals surface area contributed by atoms with E-state index in [1.165, 1.54) is 5.56 Å². The highest BCUT2D eigenvalue weighted by Gasteiger charge is 2.34. The summed E-state index contributed by atoms with van der Waals surface area (Å²) in [5.41, 5.74) is 2.20. The van der Waals surface area contributed by atoms with Crippen molar-refractivity contribution in [3.05, 3.63) is 76.3 Å². The smallest absolute Gasteiger partial charge is 0.244 e. The lowest BCUT2D eigenvalue weighted by atomic mass is 9.74. The highest BCUT2D eigenvalue weighted by Crippen LogP contribution is 2.35. The molecule has 0 bridgehead atoms. The Hall–Kier alpha value is -1.91. The average Bonchev–Trinajstić information content (AvgIpc) is 2.66. The van der Waals surface area contributed by atoms with E-state index in [0.29, 0.717) is 6.54 Å². The Balaban J connectivity index is 1.69. The van der Waals surface area contributed by atoms with E-state index in [1.807, 2.05) is 48.5 Å². The molecular formula is C21H22BrNO2. The lowest BCUT2D eigenvalue weighted by Gasteiger charge is -2.38. The molecule has 1 saturated heterocycles. The second-order valence-corrected chi connectivity index (χ2v) is 7.28. The van der Waals surface area contributed by atoms with Crippen LogP contribution in [0.2, 0.25) is 0 Å². The number of rotatable bonds is 5. The summed E-state index contributed by atoms with van der Waals surface area (Å²) in [5.74, 6) is -0.0651. The number of carbonyl (C=O) groups excluding carboxylic acids is 1. The van der Waals surface area contributed by atoms with E-state index in [2.05, 4.69) is 33.4 Å². The SMILES string of the molecule is O=C(/C=C/c1ccccc1)NCC1(c2cccc(Br)c2)CCOCC1. The zero-order chi connectivity index (χ0) is 17.5. The lowest BCUT2D eigenvalue weighted by Crippen LogP contribution is -2.44. The van der Waals surface area contributed by atoms with Gasteiger partial charge in [-0.2, -0.15) is 0 Å².